The molecular weight excluding hydrogens is 250 g/mol. The van der Waals surface area contributed by atoms with E-state index in [1.807, 2.05) is 12.1 Å². The smallest absolute Gasteiger partial charge is 0.0558 e. The van der Waals surface area contributed by atoms with Gasteiger partial charge in [0.05, 0.1) is 6.61 Å². The number of rotatable bonds is 4. The molecule has 1 aromatic carbocycles. The Bertz CT molecular complexity index is 392. The fourth-order valence-electron chi connectivity index (χ4n) is 2.26. The second-order valence-electron chi connectivity index (χ2n) is 4.68. The first-order valence-electron chi connectivity index (χ1n) is 6.28. The van der Waals surface area contributed by atoms with Gasteiger partial charge >= 0.3 is 0 Å². The van der Waals surface area contributed by atoms with Gasteiger partial charge in [-0.05, 0) is 17.7 Å². The van der Waals surface area contributed by atoms with Gasteiger partial charge in [-0.1, -0.05) is 17.7 Å². The molecule has 0 atom stereocenters. The van der Waals surface area contributed by atoms with Crippen LogP contribution in [0, 0.1) is 0 Å². The minimum atomic E-state index is 0.240. The van der Waals surface area contributed by atoms with Gasteiger partial charge in [-0.15, -0.1) is 0 Å². The molecule has 2 rings (SSSR count). The summed E-state index contributed by atoms with van der Waals surface area (Å²) < 4.78 is 0. The van der Waals surface area contributed by atoms with Crippen LogP contribution in [0.1, 0.15) is 5.56 Å². The largest absolute Gasteiger partial charge is 0.398 e. The number of β-amino-alcohol motifs (C(OH)–C–C–N with tert-alkyl or cyclic N) is 1. The molecule has 1 heterocycles. The Kier molecular flexibility index (Phi) is 4.83. The van der Waals surface area contributed by atoms with Crippen molar-refractivity contribution in [3.8, 4) is 0 Å². The third-order valence-electron chi connectivity index (χ3n) is 3.38. The number of anilines is 1. The number of hydrogen-bond donors (Lipinski definition) is 2. The monoisotopic (exact) mass is 269 g/mol. The highest BCUT2D eigenvalue weighted by Crippen LogP contribution is 2.20. The molecular formula is C13H20ClN3O. The number of piperazine rings is 1. The predicted molar refractivity (Wildman–Crippen MR) is 74.7 cm³/mol. The highest BCUT2D eigenvalue weighted by Gasteiger charge is 2.16. The summed E-state index contributed by atoms with van der Waals surface area (Å²) >= 11 is 5.89. The van der Waals surface area contributed by atoms with Crippen LogP contribution in [0.2, 0.25) is 5.02 Å². The van der Waals surface area contributed by atoms with E-state index in [9.17, 15) is 0 Å². The maximum absolute atomic E-state index is 8.90. The number of benzene rings is 1. The van der Waals surface area contributed by atoms with Crippen molar-refractivity contribution in [3.63, 3.8) is 0 Å². The molecule has 3 N–H and O–H groups in total. The van der Waals surface area contributed by atoms with E-state index in [0.29, 0.717) is 5.02 Å². The number of nitrogens with zero attached hydrogens (tertiary/aromatic N) is 2. The number of nitrogens with two attached hydrogens (primary N) is 1. The molecule has 0 bridgehead atoms. The van der Waals surface area contributed by atoms with Crippen LogP contribution in [0.5, 0.6) is 0 Å². The standard InChI is InChI=1S/C13H20ClN3O/c14-12-2-1-11(13(15)9-12)10-17-5-3-16(4-6-17)7-8-18/h1-2,9,18H,3-8,10,15H2. The molecule has 5 heteroatoms. The SMILES string of the molecule is Nc1cc(Cl)ccc1CN1CCN(CCO)CC1. The maximum Gasteiger partial charge on any atom is 0.0558 e. The Balaban J connectivity index is 1.87. The first-order chi connectivity index (χ1) is 8.69. The third kappa shape index (κ3) is 3.59. The fraction of sp³-hybridized carbons (Fsp3) is 0.538. The van der Waals surface area contributed by atoms with Crippen molar-refractivity contribution in [2.75, 3.05) is 45.1 Å². The zero-order chi connectivity index (χ0) is 13.0. The zero-order valence-electron chi connectivity index (χ0n) is 10.5. The van der Waals surface area contributed by atoms with Crippen LogP contribution in [0.3, 0.4) is 0 Å². The molecule has 0 saturated carbocycles. The molecule has 100 valence electrons. The molecule has 4 nitrogen and oxygen atoms in total. The van der Waals surface area contributed by atoms with Gasteiger partial charge in [0, 0.05) is 50.0 Å². The molecule has 18 heavy (non-hydrogen) atoms. The number of hydrogen-bond acceptors (Lipinski definition) is 4. The molecule has 1 aliphatic heterocycles. The number of aliphatic hydroxyl groups excluding tert-OH is 1. The van der Waals surface area contributed by atoms with Crippen molar-refractivity contribution in [2.45, 2.75) is 6.54 Å². The average Bonchev–Trinajstić information content (AvgIpc) is 2.35. The molecule has 1 saturated heterocycles. The van der Waals surface area contributed by atoms with Gasteiger partial charge in [-0.2, -0.15) is 0 Å². The summed E-state index contributed by atoms with van der Waals surface area (Å²) in [5, 5.41) is 9.58. The lowest BCUT2D eigenvalue weighted by Gasteiger charge is -2.34. The molecule has 1 fully saturated rings. The molecule has 0 spiro atoms. The summed E-state index contributed by atoms with van der Waals surface area (Å²) in [4.78, 5) is 4.66. The minimum absolute atomic E-state index is 0.240. The van der Waals surface area contributed by atoms with Crippen LogP contribution in [-0.2, 0) is 6.54 Å². The van der Waals surface area contributed by atoms with Crippen LogP contribution in [0.25, 0.3) is 0 Å². The van der Waals surface area contributed by atoms with E-state index in [0.717, 1.165) is 50.5 Å². The van der Waals surface area contributed by atoms with Crippen LogP contribution in [-0.4, -0.2) is 54.2 Å². The topological polar surface area (TPSA) is 52.7 Å². The normalized spacial score (nSPS) is 18.1. The number of nitrogen functional groups attached to an aromatic ring is 1. The zero-order valence-corrected chi connectivity index (χ0v) is 11.2. The van der Waals surface area contributed by atoms with Crippen LogP contribution in [0.15, 0.2) is 18.2 Å². The minimum Gasteiger partial charge on any atom is -0.398 e. The van der Waals surface area contributed by atoms with E-state index < -0.39 is 0 Å². The molecule has 0 aliphatic carbocycles. The summed E-state index contributed by atoms with van der Waals surface area (Å²) in [5.74, 6) is 0. The first-order valence-corrected chi connectivity index (χ1v) is 6.66. The Morgan fingerprint density at radius 3 is 2.44 bits per heavy atom. The molecule has 0 radical (unpaired) electrons. The highest BCUT2D eigenvalue weighted by atomic mass is 35.5. The van der Waals surface area contributed by atoms with E-state index in [-0.39, 0.29) is 6.61 Å². The first kappa shape index (κ1) is 13.6. The Labute approximate surface area is 113 Å². The van der Waals surface area contributed by atoms with Gasteiger partial charge in [0.2, 0.25) is 0 Å². The van der Waals surface area contributed by atoms with Gasteiger partial charge in [-0.3, -0.25) is 9.80 Å². The average molecular weight is 270 g/mol. The van der Waals surface area contributed by atoms with Crippen LogP contribution < -0.4 is 5.73 Å². The van der Waals surface area contributed by atoms with E-state index in [1.54, 1.807) is 6.07 Å². The Hall–Kier alpha value is -0.810. The second kappa shape index (κ2) is 6.38. The van der Waals surface area contributed by atoms with Crippen LogP contribution >= 0.6 is 11.6 Å². The van der Waals surface area contributed by atoms with Gasteiger partial charge in [0.25, 0.3) is 0 Å². The quantitative estimate of drug-likeness (QED) is 0.802. The lowest BCUT2D eigenvalue weighted by Crippen LogP contribution is -2.46. The number of aliphatic hydroxyl groups is 1. The van der Waals surface area contributed by atoms with Crippen molar-refractivity contribution in [1.82, 2.24) is 9.80 Å². The maximum atomic E-state index is 8.90. The lowest BCUT2D eigenvalue weighted by atomic mass is 10.1. The van der Waals surface area contributed by atoms with Crippen molar-refractivity contribution in [3.05, 3.63) is 28.8 Å². The second-order valence-corrected chi connectivity index (χ2v) is 5.12. The molecule has 1 aliphatic rings. The van der Waals surface area contributed by atoms with Gasteiger partial charge in [-0.25, -0.2) is 0 Å². The van der Waals surface area contributed by atoms with E-state index >= 15 is 0 Å². The van der Waals surface area contributed by atoms with Crippen molar-refractivity contribution in [1.29, 1.82) is 0 Å². The van der Waals surface area contributed by atoms with Crippen molar-refractivity contribution >= 4 is 17.3 Å². The van der Waals surface area contributed by atoms with Crippen LogP contribution in [0.4, 0.5) is 5.69 Å². The summed E-state index contributed by atoms with van der Waals surface area (Å²) in [7, 11) is 0. The summed E-state index contributed by atoms with van der Waals surface area (Å²) in [6.07, 6.45) is 0. The fourth-order valence-corrected chi connectivity index (χ4v) is 2.44. The van der Waals surface area contributed by atoms with Gasteiger partial charge in [0.15, 0.2) is 0 Å². The Morgan fingerprint density at radius 1 is 1.17 bits per heavy atom. The summed E-state index contributed by atoms with van der Waals surface area (Å²) in [6.45, 7) is 5.93. The van der Waals surface area contributed by atoms with Crippen molar-refractivity contribution < 1.29 is 5.11 Å². The molecule has 0 aromatic heterocycles. The van der Waals surface area contributed by atoms with E-state index in [4.69, 9.17) is 22.4 Å². The lowest BCUT2D eigenvalue weighted by molar-refractivity contribution is 0.108. The molecule has 0 amide bonds. The number of halogens is 1. The van der Waals surface area contributed by atoms with Gasteiger partial charge < -0.3 is 10.8 Å². The molecule has 1 aromatic rings. The predicted octanol–water partition coefficient (Wildman–Crippen LogP) is 1.03. The summed E-state index contributed by atoms with van der Waals surface area (Å²) in [6, 6.07) is 5.69. The van der Waals surface area contributed by atoms with Crippen molar-refractivity contribution in [2.24, 2.45) is 0 Å². The van der Waals surface area contributed by atoms with Gasteiger partial charge in [0.1, 0.15) is 0 Å². The molecule has 0 unspecified atom stereocenters. The Morgan fingerprint density at radius 2 is 1.83 bits per heavy atom. The van der Waals surface area contributed by atoms with E-state index in [1.165, 1.54) is 0 Å². The highest BCUT2D eigenvalue weighted by molar-refractivity contribution is 6.30. The summed E-state index contributed by atoms with van der Waals surface area (Å²) in [5.41, 5.74) is 7.86. The van der Waals surface area contributed by atoms with E-state index in [2.05, 4.69) is 9.80 Å². The third-order valence-corrected chi connectivity index (χ3v) is 3.62.